The average molecular weight is 425 g/mol. The van der Waals surface area contributed by atoms with E-state index in [1.165, 1.54) is 0 Å². The minimum absolute atomic E-state index is 0.229. The van der Waals surface area contributed by atoms with Gasteiger partial charge in [-0.1, -0.05) is 0 Å². The lowest BCUT2D eigenvalue weighted by molar-refractivity contribution is 0.122. The van der Waals surface area contributed by atoms with E-state index in [1.54, 1.807) is 29.9 Å². The van der Waals surface area contributed by atoms with Gasteiger partial charge in [-0.2, -0.15) is 0 Å². The molecule has 1 fully saturated rings. The van der Waals surface area contributed by atoms with E-state index in [0.717, 1.165) is 61.2 Å². The first-order chi connectivity index (χ1) is 14.8. The summed E-state index contributed by atoms with van der Waals surface area (Å²) in [4.78, 5) is 27.4. The van der Waals surface area contributed by atoms with Crippen LogP contribution in [0.4, 0.5) is 16.3 Å². The number of morpholine rings is 1. The highest BCUT2D eigenvalue weighted by Gasteiger charge is 2.12. The summed E-state index contributed by atoms with van der Waals surface area (Å²) in [6.07, 6.45) is 6.86. The van der Waals surface area contributed by atoms with Crippen LogP contribution in [0, 0.1) is 0 Å². The van der Waals surface area contributed by atoms with Gasteiger partial charge in [-0.05, 0) is 30.7 Å². The number of urea groups is 1. The van der Waals surface area contributed by atoms with Crippen LogP contribution in [0.15, 0.2) is 48.2 Å². The molecule has 2 amide bonds. The predicted molar refractivity (Wildman–Crippen MR) is 118 cm³/mol. The van der Waals surface area contributed by atoms with E-state index in [9.17, 15) is 4.79 Å². The Balaban J connectivity index is 1.18. The number of aryl methyl sites for hydroxylation is 1. The quantitative estimate of drug-likeness (QED) is 0.566. The fourth-order valence-electron chi connectivity index (χ4n) is 3.14. The molecule has 0 aliphatic carbocycles. The number of hydrogen-bond donors (Lipinski definition) is 2. The molecule has 0 bridgehead atoms. The lowest BCUT2D eigenvalue weighted by Gasteiger charge is -2.27. The highest BCUT2D eigenvalue weighted by Crippen LogP contribution is 2.21. The van der Waals surface area contributed by atoms with Crippen LogP contribution in [0.25, 0.3) is 11.3 Å². The number of hydrogen-bond acceptors (Lipinski definition) is 7. The minimum Gasteiger partial charge on any atom is -0.378 e. The van der Waals surface area contributed by atoms with E-state index in [2.05, 4.69) is 35.9 Å². The van der Waals surface area contributed by atoms with E-state index in [-0.39, 0.29) is 6.03 Å². The van der Waals surface area contributed by atoms with Gasteiger partial charge < -0.3 is 20.3 Å². The van der Waals surface area contributed by atoms with E-state index >= 15 is 0 Å². The summed E-state index contributed by atoms with van der Waals surface area (Å²) >= 11 is 1.64. The van der Waals surface area contributed by atoms with Crippen molar-refractivity contribution in [3.05, 3.63) is 53.2 Å². The zero-order chi connectivity index (χ0) is 20.6. The van der Waals surface area contributed by atoms with Crippen molar-refractivity contribution in [2.24, 2.45) is 0 Å². The Kier molecular flexibility index (Phi) is 6.83. The number of thiazole rings is 1. The van der Waals surface area contributed by atoms with Gasteiger partial charge in [0.15, 0.2) is 0 Å². The minimum atomic E-state index is -0.229. The van der Waals surface area contributed by atoms with Crippen LogP contribution < -0.4 is 15.5 Å². The van der Waals surface area contributed by atoms with Crippen LogP contribution in [0.5, 0.6) is 0 Å². The smallest absolute Gasteiger partial charge is 0.319 e. The zero-order valence-corrected chi connectivity index (χ0v) is 17.4. The van der Waals surface area contributed by atoms with Gasteiger partial charge in [0.1, 0.15) is 5.82 Å². The number of rotatable bonds is 7. The first-order valence-electron chi connectivity index (χ1n) is 9.96. The standard InChI is InChI=1S/C21H24N6O2S/c28-21(25-17-3-4-19(24-14-17)27-10-12-29-13-11-27)23-7-1-2-20-26-18(15-30-20)16-5-8-22-9-6-16/h3-6,8-9,14-15H,1-2,7,10-13H2,(H2,23,25,28). The first kappa shape index (κ1) is 20.2. The van der Waals surface area contributed by atoms with E-state index in [0.29, 0.717) is 12.2 Å². The van der Waals surface area contributed by atoms with Gasteiger partial charge in [0.25, 0.3) is 0 Å². The average Bonchev–Trinajstić information content (AvgIpc) is 3.27. The highest BCUT2D eigenvalue weighted by atomic mass is 32.1. The summed E-state index contributed by atoms with van der Waals surface area (Å²) < 4.78 is 5.35. The molecule has 4 rings (SSSR count). The molecule has 0 saturated carbocycles. The molecule has 3 aromatic heterocycles. The molecule has 8 nitrogen and oxygen atoms in total. The predicted octanol–water partition coefficient (Wildman–Crippen LogP) is 3.19. The Hall–Kier alpha value is -3.04. The van der Waals surface area contributed by atoms with Crippen molar-refractivity contribution in [3.8, 4) is 11.3 Å². The van der Waals surface area contributed by atoms with Gasteiger partial charge in [0.05, 0.1) is 35.8 Å². The van der Waals surface area contributed by atoms with Gasteiger partial charge in [0, 0.05) is 49.4 Å². The van der Waals surface area contributed by atoms with Gasteiger partial charge in [-0.3, -0.25) is 4.98 Å². The largest absolute Gasteiger partial charge is 0.378 e. The molecular formula is C21H24N6O2S. The highest BCUT2D eigenvalue weighted by molar-refractivity contribution is 7.09. The molecule has 1 aliphatic heterocycles. The Bertz CT molecular complexity index is 942. The molecular weight excluding hydrogens is 400 g/mol. The molecule has 9 heteroatoms. The third-order valence-electron chi connectivity index (χ3n) is 4.72. The lowest BCUT2D eigenvalue weighted by atomic mass is 10.2. The number of aromatic nitrogens is 3. The second-order valence-electron chi connectivity index (χ2n) is 6.85. The van der Waals surface area contributed by atoms with Crippen molar-refractivity contribution in [2.75, 3.05) is 43.1 Å². The summed E-state index contributed by atoms with van der Waals surface area (Å²) in [5, 5.41) is 8.82. The van der Waals surface area contributed by atoms with Crippen LogP contribution in [-0.2, 0) is 11.2 Å². The van der Waals surface area contributed by atoms with Crippen molar-refractivity contribution >= 4 is 28.9 Å². The SMILES string of the molecule is O=C(NCCCc1nc(-c2ccncc2)cs1)Nc1ccc(N2CCOCC2)nc1. The number of carbonyl (C=O) groups is 1. The summed E-state index contributed by atoms with van der Waals surface area (Å²) in [7, 11) is 0. The summed E-state index contributed by atoms with van der Waals surface area (Å²) in [6, 6.07) is 7.46. The van der Waals surface area contributed by atoms with E-state index in [1.807, 2.05) is 24.3 Å². The Labute approximate surface area is 179 Å². The number of nitrogens with one attached hydrogen (secondary N) is 2. The Morgan fingerprint density at radius 1 is 1.17 bits per heavy atom. The maximum Gasteiger partial charge on any atom is 0.319 e. The summed E-state index contributed by atoms with van der Waals surface area (Å²) in [5.41, 5.74) is 2.71. The summed E-state index contributed by atoms with van der Waals surface area (Å²) in [5.74, 6) is 0.902. The summed E-state index contributed by atoms with van der Waals surface area (Å²) in [6.45, 7) is 3.69. The zero-order valence-electron chi connectivity index (χ0n) is 16.6. The molecule has 0 unspecified atom stereocenters. The molecule has 0 aromatic carbocycles. The second-order valence-corrected chi connectivity index (χ2v) is 7.79. The molecule has 4 heterocycles. The fraction of sp³-hybridized carbons (Fsp3) is 0.333. The molecule has 1 saturated heterocycles. The number of nitrogens with zero attached hydrogens (tertiary/aromatic N) is 4. The van der Waals surface area contributed by atoms with Crippen LogP contribution in [-0.4, -0.2) is 53.8 Å². The molecule has 0 radical (unpaired) electrons. The maximum atomic E-state index is 12.1. The monoisotopic (exact) mass is 424 g/mol. The molecule has 3 aromatic rings. The second kappa shape index (κ2) is 10.1. The van der Waals surface area contributed by atoms with Crippen LogP contribution in [0.2, 0.25) is 0 Å². The van der Waals surface area contributed by atoms with Crippen LogP contribution in [0.3, 0.4) is 0 Å². The van der Waals surface area contributed by atoms with Gasteiger partial charge in [-0.15, -0.1) is 11.3 Å². The third-order valence-corrected chi connectivity index (χ3v) is 5.63. The molecule has 0 spiro atoms. The van der Waals surface area contributed by atoms with Crippen molar-refractivity contribution in [1.82, 2.24) is 20.3 Å². The number of amides is 2. The van der Waals surface area contributed by atoms with Gasteiger partial charge in [-0.25, -0.2) is 14.8 Å². The van der Waals surface area contributed by atoms with Crippen molar-refractivity contribution in [2.45, 2.75) is 12.8 Å². The number of anilines is 2. The molecule has 0 atom stereocenters. The van der Waals surface area contributed by atoms with Crippen molar-refractivity contribution in [1.29, 1.82) is 0 Å². The lowest BCUT2D eigenvalue weighted by Crippen LogP contribution is -2.36. The molecule has 2 N–H and O–H groups in total. The normalized spacial score (nSPS) is 13.8. The van der Waals surface area contributed by atoms with Crippen LogP contribution in [0.1, 0.15) is 11.4 Å². The van der Waals surface area contributed by atoms with Crippen LogP contribution >= 0.6 is 11.3 Å². The Morgan fingerprint density at radius 2 is 2.00 bits per heavy atom. The maximum absolute atomic E-state index is 12.1. The third kappa shape index (κ3) is 5.52. The van der Waals surface area contributed by atoms with E-state index < -0.39 is 0 Å². The van der Waals surface area contributed by atoms with E-state index in [4.69, 9.17) is 4.74 Å². The topological polar surface area (TPSA) is 92.3 Å². The number of pyridine rings is 2. The van der Waals surface area contributed by atoms with Crippen molar-refractivity contribution < 1.29 is 9.53 Å². The number of ether oxygens (including phenoxy) is 1. The van der Waals surface area contributed by atoms with Gasteiger partial charge in [0.2, 0.25) is 0 Å². The number of carbonyl (C=O) groups excluding carboxylic acids is 1. The fourth-order valence-corrected chi connectivity index (χ4v) is 3.99. The first-order valence-corrected chi connectivity index (χ1v) is 10.8. The molecule has 1 aliphatic rings. The Morgan fingerprint density at radius 3 is 2.77 bits per heavy atom. The molecule has 30 heavy (non-hydrogen) atoms. The van der Waals surface area contributed by atoms with Crippen molar-refractivity contribution in [3.63, 3.8) is 0 Å². The molecule has 156 valence electrons. The van der Waals surface area contributed by atoms with Gasteiger partial charge >= 0.3 is 6.03 Å².